The van der Waals surface area contributed by atoms with E-state index in [1.807, 2.05) is 6.07 Å². The van der Waals surface area contributed by atoms with Gasteiger partial charge in [0.25, 0.3) is 11.8 Å². The minimum absolute atomic E-state index is 0.158. The molecule has 134 valence electrons. The summed E-state index contributed by atoms with van der Waals surface area (Å²) in [6.07, 6.45) is 0. The second-order valence-electron chi connectivity index (χ2n) is 5.55. The summed E-state index contributed by atoms with van der Waals surface area (Å²) in [5, 5.41) is 3.79. The molecule has 0 saturated heterocycles. The van der Waals surface area contributed by atoms with Crippen molar-refractivity contribution < 1.29 is 14.3 Å². The number of para-hydroxylation sites is 2. The summed E-state index contributed by atoms with van der Waals surface area (Å²) in [6.45, 7) is 1.99. The molecule has 0 atom stereocenters. The third-order valence-corrected chi connectivity index (χ3v) is 4.60. The maximum absolute atomic E-state index is 12.8. The summed E-state index contributed by atoms with van der Waals surface area (Å²) in [5.74, 6) is -0.264. The van der Waals surface area contributed by atoms with Gasteiger partial charge < -0.3 is 10.1 Å². The van der Waals surface area contributed by atoms with Crippen molar-refractivity contribution in [3.05, 3.63) is 63.8 Å². The van der Waals surface area contributed by atoms with E-state index < -0.39 is 11.8 Å². The molecular formula is C19H16Cl2N2O3. The number of anilines is 1. The summed E-state index contributed by atoms with van der Waals surface area (Å²) in [7, 11) is 1.53. The molecule has 1 N–H and O–H groups in total. The van der Waals surface area contributed by atoms with Crippen molar-refractivity contribution in [3.63, 3.8) is 0 Å². The van der Waals surface area contributed by atoms with Gasteiger partial charge in [-0.05, 0) is 31.2 Å². The number of methoxy groups -OCH3 is 1. The van der Waals surface area contributed by atoms with Gasteiger partial charge in [0.2, 0.25) is 0 Å². The zero-order valence-electron chi connectivity index (χ0n) is 14.2. The maximum atomic E-state index is 12.8. The normalized spacial score (nSPS) is 14.2. The fourth-order valence-corrected chi connectivity index (χ4v) is 3.31. The fourth-order valence-electron chi connectivity index (χ4n) is 2.80. The van der Waals surface area contributed by atoms with Gasteiger partial charge in [0.15, 0.2) is 0 Å². The molecule has 1 heterocycles. The van der Waals surface area contributed by atoms with Crippen LogP contribution in [0.2, 0.25) is 10.0 Å². The van der Waals surface area contributed by atoms with Gasteiger partial charge in [0.05, 0.1) is 23.4 Å². The number of imide groups is 1. The van der Waals surface area contributed by atoms with Crippen LogP contribution in [0.5, 0.6) is 5.75 Å². The van der Waals surface area contributed by atoms with E-state index in [0.717, 1.165) is 4.90 Å². The van der Waals surface area contributed by atoms with Crippen LogP contribution in [0.4, 0.5) is 5.69 Å². The highest BCUT2D eigenvalue weighted by atomic mass is 35.5. The topological polar surface area (TPSA) is 58.6 Å². The number of hydrogen-bond donors (Lipinski definition) is 1. The van der Waals surface area contributed by atoms with E-state index in [2.05, 4.69) is 5.32 Å². The average Bonchev–Trinajstić information content (AvgIpc) is 2.85. The largest absolute Gasteiger partial charge is 0.495 e. The van der Waals surface area contributed by atoms with Crippen LogP contribution in [0.15, 0.2) is 48.2 Å². The van der Waals surface area contributed by atoms with E-state index in [0.29, 0.717) is 27.0 Å². The van der Waals surface area contributed by atoms with Gasteiger partial charge in [-0.2, -0.15) is 0 Å². The Kier molecular flexibility index (Phi) is 5.20. The Morgan fingerprint density at radius 3 is 2.46 bits per heavy atom. The lowest BCUT2D eigenvalue weighted by Crippen LogP contribution is -2.32. The molecule has 26 heavy (non-hydrogen) atoms. The Morgan fingerprint density at radius 2 is 1.81 bits per heavy atom. The zero-order chi connectivity index (χ0) is 18.8. The van der Waals surface area contributed by atoms with Gasteiger partial charge in [-0.1, -0.05) is 41.4 Å². The fraction of sp³-hybridized carbons (Fsp3) is 0.158. The van der Waals surface area contributed by atoms with Gasteiger partial charge in [0, 0.05) is 17.1 Å². The Hall–Kier alpha value is -2.50. The molecule has 7 heteroatoms. The van der Waals surface area contributed by atoms with E-state index in [1.165, 1.54) is 7.11 Å². The smallest absolute Gasteiger partial charge is 0.278 e. The molecule has 0 spiro atoms. The number of halogens is 2. The van der Waals surface area contributed by atoms with Crippen LogP contribution in [0.3, 0.4) is 0 Å². The van der Waals surface area contributed by atoms with Crippen LogP contribution >= 0.6 is 23.2 Å². The van der Waals surface area contributed by atoms with Crippen molar-refractivity contribution in [1.29, 1.82) is 0 Å². The van der Waals surface area contributed by atoms with Crippen LogP contribution in [0.1, 0.15) is 12.5 Å². The lowest BCUT2D eigenvalue weighted by atomic mass is 10.0. The molecule has 5 nitrogen and oxygen atoms in total. The number of likely N-dealkylation sites (N-methyl/N-ethyl adjacent to an activating group) is 1. The number of rotatable bonds is 5. The molecule has 1 aliphatic rings. The van der Waals surface area contributed by atoms with E-state index >= 15 is 0 Å². The van der Waals surface area contributed by atoms with Crippen LogP contribution in [-0.4, -0.2) is 30.4 Å². The van der Waals surface area contributed by atoms with Crippen molar-refractivity contribution in [2.24, 2.45) is 0 Å². The number of carbonyl (C=O) groups excluding carboxylic acids is 2. The van der Waals surface area contributed by atoms with Gasteiger partial charge in [0.1, 0.15) is 11.4 Å². The van der Waals surface area contributed by atoms with E-state index in [1.54, 1.807) is 43.3 Å². The Morgan fingerprint density at radius 1 is 1.08 bits per heavy atom. The van der Waals surface area contributed by atoms with Crippen LogP contribution in [0, 0.1) is 0 Å². The van der Waals surface area contributed by atoms with Crippen molar-refractivity contribution >= 4 is 46.3 Å². The Labute approximate surface area is 161 Å². The predicted octanol–water partition coefficient (Wildman–Crippen LogP) is 4.21. The maximum Gasteiger partial charge on any atom is 0.278 e. The van der Waals surface area contributed by atoms with Crippen LogP contribution < -0.4 is 10.1 Å². The first-order chi connectivity index (χ1) is 12.5. The summed E-state index contributed by atoms with van der Waals surface area (Å²) in [6, 6.07) is 11.9. The molecule has 2 aromatic rings. The first-order valence-electron chi connectivity index (χ1n) is 7.93. The quantitative estimate of drug-likeness (QED) is 0.776. The van der Waals surface area contributed by atoms with Crippen molar-refractivity contribution in [1.82, 2.24) is 4.90 Å². The van der Waals surface area contributed by atoms with Crippen LogP contribution in [0.25, 0.3) is 5.57 Å². The van der Waals surface area contributed by atoms with Crippen molar-refractivity contribution in [3.8, 4) is 5.75 Å². The third-order valence-electron chi connectivity index (χ3n) is 4.05. The Balaban J connectivity index is 2.16. The third kappa shape index (κ3) is 3.16. The molecule has 3 rings (SSSR count). The van der Waals surface area contributed by atoms with Crippen LogP contribution in [-0.2, 0) is 9.59 Å². The number of benzene rings is 2. The first kappa shape index (κ1) is 18.3. The molecule has 0 fully saturated rings. The highest BCUT2D eigenvalue weighted by Gasteiger charge is 2.39. The average molecular weight is 391 g/mol. The first-order valence-corrected chi connectivity index (χ1v) is 8.69. The lowest BCUT2D eigenvalue weighted by molar-refractivity contribution is -0.136. The minimum Gasteiger partial charge on any atom is -0.495 e. The molecule has 0 bridgehead atoms. The molecule has 2 amide bonds. The molecule has 0 aromatic heterocycles. The summed E-state index contributed by atoms with van der Waals surface area (Å²) in [4.78, 5) is 26.8. The SMILES string of the molecule is CCN1C(=O)C(Nc2ccccc2OC)=C(c2ccc(Cl)cc2Cl)C1=O. The monoisotopic (exact) mass is 390 g/mol. The summed E-state index contributed by atoms with van der Waals surface area (Å²) in [5.41, 5.74) is 1.39. The number of hydrogen-bond acceptors (Lipinski definition) is 4. The number of nitrogens with zero attached hydrogens (tertiary/aromatic N) is 1. The number of ether oxygens (including phenoxy) is 1. The molecule has 1 aliphatic heterocycles. The standard InChI is InChI=1S/C19H16Cl2N2O3/c1-3-23-18(24)16(12-9-8-11(20)10-13(12)21)17(19(23)25)22-14-6-4-5-7-15(14)26-2/h4-10,22H,3H2,1-2H3. The lowest BCUT2D eigenvalue weighted by Gasteiger charge is -2.13. The van der Waals surface area contributed by atoms with Gasteiger partial charge >= 0.3 is 0 Å². The molecule has 0 unspecified atom stereocenters. The second kappa shape index (κ2) is 7.40. The highest BCUT2D eigenvalue weighted by molar-refractivity contribution is 6.41. The van der Waals surface area contributed by atoms with Crippen molar-refractivity contribution in [2.45, 2.75) is 6.92 Å². The number of carbonyl (C=O) groups is 2. The van der Waals surface area contributed by atoms with Crippen molar-refractivity contribution in [2.75, 3.05) is 19.0 Å². The molecule has 0 aliphatic carbocycles. The molecule has 2 aromatic carbocycles. The predicted molar refractivity (Wildman–Crippen MR) is 102 cm³/mol. The van der Waals surface area contributed by atoms with Gasteiger partial charge in [-0.25, -0.2) is 0 Å². The second-order valence-corrected chi connectivity index (χ2v) is 6.40. The van der Waals surface area contributed by atoms with Gasteiger partial charge in [-0.15, -0.1) is 0 Å². The number of nitrogens with one attached hydrogen (secondary N) is 1. The molecular weight excluding hydrogens is 375 g/mol. The van der Waals surface area contributed by atoms with E-state index in [9.17, 15) is 9.59 Å². The highest BCUT2D eigenvalue weighted by Crippen LogP contribution is 2.36. The van der Waals surface area contributed by atoms with E-state index in [-0.39, 0.29) is 17.8 Å². The summed E-state index contributed by atoms with van der Waals surface area (Å²) < 4.78 is 5.31. The Bertz CT molecular complexity index is 925. The summed E-state index contributed by atoms with van der Waals surface area (Å²) >= 11 is 12.2. The number of amides is 2. The minimum atomic E-state index is -0.413. The van der Waals surface area contributed by atoms with Gasteiger partial charge in [-0.3, -0.25) is 14.5 Å². The molecule has 0 radical (unpaired) electrons. The molecule has 0 saturated carbocycles. The van der Waals surface area contributed by atoms with E-state index in [4.69, 9.17) is 27.9 Å². The zero-order valence-corrected chi connectivity index (χ0v) is 15.7.